The summed E-state index contributed by atoms with van der Waals surface area (Å²) in [6, 6.07) is 0. The van der Waals surface area contributed by atoms with Crippen molar-refractivity contribution >= 4 is 0 Å². The summed E-state index contributed by atoms with van der Waals surface area (Å²) in [5.74, 6) is 4.51. The lowest BCUT2D eigenvalue weighted by Crippen LogP contribution is -2.11. The van der Waals surface area contributed by atoms with Gasteiger partial charge in [0.2, 0.25) is 0 Å². The molecule has 0 radical (unpaired) electrons. The van der Waals surface area contributed by atoms with Gasteiger partial charge in [-0.3, -0.25) is 0 Å². The van der Waals surface area contributed by atoms with Crippen molar-refractivity contribution in [3.05, 3.63) is 18.2 Å². The Morgan fingerprint density at radius 1 is 1.43 bits per heavy atom. The van der Waals surface area contributed by atoms with Gasteiger partial charge in [0, 0.05) is 18.3 Å². The van der Waals surface area contributed by atoms with Gasteiger partial charge in [-0.2, -0.15) is 0 Å². The monoisotopic (exact) mass is 188 g/mol. The molecule has 1 saturated carbocycles. The lowest BCUT2D eigenvalue weighted by Gasteiger charge is -2.21. The zero-order valence-electron chi connectivity index (χ0n) is 8.45. The Kier molecular flexibility index (Phi) is 2.88. The van der Waals surface area contributed by atoms with Crippen molar-refractivity contribution in [1.29, 1.82) is 0 Å². The Bertz CT molecular complexity index is 326. The molecular weight excluding hydrogens is 172 g/mol. The van der Waals surface area contributed by atoms with E-state index in [4.69, 9.17) is 6.42 Å². The van der Waals surface area contributed by atoms with E-state index >= 15 is 0 Å². The predicted octanol–water partition coefficient (Wildman–Crippen LogP) is 2.56. The molecule has 0 bridgehead atoms. The van der Waals surface area contributed by atoms with Gasteiger partial charge in [-0.1, -0.05) is 25.2 Å². The van der Waals surface area contributed by atoms with E-state index in [0.717, 1.165) is 0 Å². The molecule has 74 valence electrons. The highest BCUT2D eigenvalue weighted by molar-refractivity contribution is 5.04. The fourth-order valence-electron chi connectivity index (χ4n) is 2.27. The van der Waals surface area contributed by atoms with Crippen LogP contribution in [0.5, 0.6) is 0 Å². The van der Waals surface area contributed by atoms with E-state index in [0.29, 0.717) is 12.5 Å². The lowest BCUT2D eigenvalue weighted by atomic mass is 9.88. The van der Waals surface area contributed by atoms with Gasteiger partial charge in [-0.25, -0.2) is 4.98 Å². The van der Waals surface area contributed by atoms with Crippen molar-refractivity contribution in [1.82, 2.24) is 9.55 Å². The quantitative estimate of drug-likeness (QED) is 0.652. The van der Waals surface area contributed by atoms with Crippen molar-refractivity contribution in [2.24, 2.45) is 0 Å². The predicted molar refractivity (Wildman–Crippen MR) is 56.9 cm³/mol. The molecule has 1 fully saturated rings. The van der Waals surface area contributed by atoms with E-state index < -0.39 is 0 Å². The van der Waals surface area contributed by atoms with Gasteiger partial charge >= 0.3 is 0 Å². The summed E-state index contributed by atoms with van der Waals surface area (Å²) in [5, 5.41) is 0. The number of hydrogen-bond acceptors (Lipinski definition) is 1. The number of hydrogen-bond donors (Lipinski definition) is 0. The number of aromatic nitrogens is 2. The maximum absolute atomic E-state index is 5.32. The number of rotatable bonds is 2. The average molecular weight is 188 g/mol. The van der Waals surface area contributed by atoms with E-state index in [1.54, 1.807) is 0 Å². The van der Waals surface area contributed by atoms with Gasteiger partial charge in [0.15, 0.2) is 0 Å². The van der Waals surface area contributed by atoms with E-state index in [1.165, 1.54) is 37.9 Å². The topological polar surface area (TPSA) is 17.8 Å². The van der Waals surface area contributed by atoms with E-state index in [-0.39, 0.29) is 0 Å². The van der Waals surface area contributed by atoms with Gasteiger partial charge < -0.3 is 4.57 Å². The zero-order chi connectivity index (χ0) is 9.80. The van der Waals surface area contributed by atoms with Crippen molar-refractivity contribution in [2.45, 2.75) is 44.6 Å². The maximum Gasteiger partial charge on any atom is 0.112 e. The Balaban J connectivity index is 2.13. The minimum Gasteiger partial charge on any atom is -0.323 e. The first-order chi connectivity index (χ1) is 6.92. The minimum atomic E-state index is 0.645. The Morgan fingerprint density at radius 3 is 2.93 bits per heavy atom. The van der Waals surface area contributed by atoms with Crippen LogP contribution in [-0.4, -0.2) is 9.55 Å². The van der Waals surface area contributed by atoms with Crippen molar-refractivity contribution in [3.8, 4) is 12.3 Å². The van der Waals surface area contributed by atoms with Gasteiger partial charge in [-0.05, 0) is 12.8 Å². The molecule has 0 unspecified atom stereocenters. The Hall–Kier alpha value is -1.23. The summed E-state index contributed by atoms with van der Waals surface area (Å²) in [4.78, 5) is 4.43. The molecule has 0 saturated heterocycles. The molecule has 2 rings (SSSR count). The molecule has 0 aromatic carbocycles. The third kappa shape index (κ3) is 1.82. The van der Waals surface area contributed by atoms with Crippen LogP contribution in [-0.2, 0) is 6.54 Å². The minimum absolute atomic E-state index is 0.645. The fourth-order valence-corrected chi connectivity index (χ4v) is 2.27. The molecule has 0 spiro atoms. The smallest absolute Gasteiger partial charge is 0.112 e. The van der Waals surface area contributed by atoms with E-state index in [2.05, 4.69) is 15.5 Å². The third-order valence-electron chi connectivity index (χ3n) is 2.98. The molecule has 0 atom stereocenters. The summed E-state index contributed by atoms with van der Waals surface area (Å²) in [6.07, 6.45) is 15.8. The Labute approximate surface area is 85.3 Å². The van der Waals surface area contributed by atoms with E-state index in [1.807, 2.05) is 12.4 Å². The number of nitrogens with zero attached hydrogens (tertiary/aromatic N) is 2. The van der Waals surface area contributed by atoms with Crippen LogP contribution in [0.3, 0.4) is 0 Å². The molecule has 1 heterocycles. The zero-order valence-corrected chi connectivity index (χ0v) is 8.45. The highest BCUT2D eigenvalue weighted by atomic mass is 15.1. The molecule has 1 aromatic heterocycles. The van der Waals surface area contributed by atoms with Crippen LogP contribution in [0, 0.1) is 12.3 Å². The molecule has 2 nitrogen and oxygen atoms in total. The highest BCUT2D eigenvalue weighted by Crippen LogP contribution is 2.31. The van der Waals surface area contributed by atoms with Gasteiger partial charge in [-0.15, -0.1) is 6.42 Å². The summed E-state index contributed by atoms with van der Waals surface area (Å²) >= 11 is 0. The van der Waals surface area contributed by atoms with Crippen molar-refractivity contribution < 1.29 is 0 Å². The SMILES string of the molecule is C#CCn1ccnc1C1CCCCC1. The van der Waals surface area contributed by atoms with Gasteiger partial charge in [0.1, 0.15) is 5.82 Å². The number of terminal acetylenes is 1. The molecule has 0 N–H and O–H groups in total. The normalized spacial score (nSPS) is 17.9. The van der Waals surface area contributed by atoms with Crippen LogP contribution in [0.1, 0.15) is 43.8 Å². The summed E-state index contributed by atoms with van der Waals surface area (Å²) in [7, 11) is 0. The van der Waals surface area contributed by atoms with Crippen LogP contribution in [0.4, 0.5) is 0 Å². The van der Waals surface area contributed by atoms with Crippen LogP contribution in [0.2, 0.25) is 0 Å². The van der Waals surface area contributed by atoms with Gasteiger partial charge in [0.05, 0.1) is 6.54 Å². The molecule has 2 heteroatoms. The number of imidazole rings is 1. The molecule has 0 aliphatic heterocycles. The van der Waals surface area contributed by atoms with Crippen LogP contribution in [0.25, 0.3) is 0 Å². The second-order valence-electron chi connectivity index (χ2n) is 3.95. The third-order valence-corrected chi connectivity index (χ3v) is 2.98. The molecule has 1 aliphatic carbocycles. The molecule has 14 heavy (non-hydrogen) atoms. The maximum atomic E-state index is 5.32. The van der Waals surface area contributed by atoms with E-state index in [9.17, 15) is 0 Å². The second-order valence-corrected chi connectivity index (χ2v) is 3.95. The average Bonchev–Trinajstić information content (AvgIpc) is 2.68. The molecule has 0 amide bonds. The largest absolute Gasteiger partial charge is 0.323 e. The summed E-state index contributed by atoms with van der Waals surface area (Å²) < 4.78 is 2.11. The lowest BCUT2D eigenvalue weighted by molar-refractivity contribution is 0.419. The standard InChI is InChI=1S/C12H16N2/c1-2-9-14-10-8-13-12(14)11-6-4-3-5-7-11/h1,8,10-11H,3-7,9H2. The van der Waals surface area contributed by atoms with Crippen LogP contribution >= 0.6 is 0 Å². The Morgan fingerprint density at radius 2 is 2.21 bits per heavy atom. The van der Waals surface area contributed by atoms with Crippen molar-refractivity contribution in [2.75, 3.05) is 0 Å². The molecule has 1 aromatic rings. The first-order valence-electron chi connectivity index (χ1n) is 5.36. The van der Waals surface area contributed by atoms with Crippen LogP contribution in [0.15, 0.2) is 12.4 Å². The van der Waals surface area contributed by atoms with Crippen LogP contribution < -0.4 is 0 Å². The first kappa shape index (κ1) is 9.33. The fraction of sp³-hybridized carbons (Fsp3) is 0.583. The highest BCUT2D eigenvalue weighted by Gasteiger charge is 2.19. The second kappa shape index (κ2) is 4.32. The summed E-state index contributed by atoms with van der Waals surface area (Å²) in [5.41, 5.74) is 0. The van der Waals surface area contributed by atoms with Gasteiger partial charge in [0.25, 0.3) is 0 Å². The van der Waals surface area contributed by atoms with Crippen molar-refractivity contribution in [3.63, 3.8) is 0 Å². The molecule has 1 aliphatic rings. The molecular formula is C12H16N2. The first-order valence-corrected chi connectivity index (χ1v) is 5.36. The summed E-state index contributed by atoms with van der Waals surface area (Å²) in [6.45, 7) is 0.659.